The fraction of sp³-hybridized carbons (Fsp3) is 0.231. The first-order chi connectivity index (χ1) is 15.0. The average molecular weight is 434 g/mol. The van der Waals surface area contributed by atoms with Crippen molar-refractivity contribution in [2.75, 3.05) is 5.32 Å². The summed E-state index contributed by atoms with van der Waals surface area (Å²) >= 11 is 6.13. The summed E-state index contributed by atoms with van der Waals surface area (Å²) in [5, 5.41) is 3.27. The van der Waals surface area contributed by atoms with Crippen LogP contribution in [0.4, 0.5) is 5.69 Å². The highest BCUT2D eigenvalue weighted by Gasteiger charge is 2.22. The highest BCUT2D eigenvalue weighted by Crippen LogP contribution is 2.30. The summed E-state index contributed by atoms with van der Waals surface area (Å²) in [6.45, 7) is 1.71. The molecule has 1 aliphatic rings. The molecule has 1 amide bonds. The first-order valence-electron chi connectivity index (χ1n) is 10.5. The zero-order valence-corrected chi connectivity index (χ0v) is 18.1. The van der Waals surface area contributed by atoms with Gasteiger partial charge in [-0.05, 0) is 68.0 Å². The lowest BCUT2D eigenvalue weighted by Crippen LogP contribution is -2.31. The average Bonchev–Trinajstić information content (AvgIpc) is 2.80. The highest BCUT2D eigenvalue weighted by atomic mass is 35.5. The molecule has 3 aromatic rings. The Kier molecular flexibility index (Phi) is 6.38. The van der Waals surface area contributed by atoms with Gasteiger partial charge in [0.1, 0.15) is 5.75 Å². The Morgan fingerprint density at radius 3 is 2.55 bits per heavy atom. The van der Waals surface area contributed by atoms with Gasteiger partial charge in [-0.3, -0.25) is 9.59 Å². The van der Waals surface area contributed by atoms with Gasteiger partial charge in [0.25, 0.3) is 5.91 Å². The van der Waals surface area contributed by atoms with E-state index < -0.39 is 6.10 Å². The molecule has 1 aliphatic carbocycles. The number of anilines is 1. The van der Waals surface area contributed by atoms with Crippen LogP contribution in [0.25, 0.3) is 0 Å². The summed E-state index contributed by atoms with van der Waals surface area (Å²) in [5.74, 6) is 0.235. The van der Waals surface area contributed by atoms with Crippen molar-refractivity contribution >= 4 is 29.0 Å². The number of halogens is 1. The van der Waals surface area contributed by atoms with Gasteiger partial charge in [0, 0.05) is 16.1 Å². The van der Waals surface area contributed by atoms with Gasteiger partial charge in [-0.25, -0.2) is 0 Å². The third-order valence-electron chi connectivity index (χ3n) is 5.55. The number of aryl methyl sites for hydroxylation is 1. The molecule has 5 heteroatoms. The molecule has 31 heavy (non-hydrogen) atoms. The molecule has 0 heterocycles. The van der Waals surface area contributed by atoms with Crippen LogP contribution in [0, 0.1) is 0 Å². The van der Waals surface area contributed by atoms with Crippen molar-refractivity contribution in [3.8, 4) is 5.75 Å². The molecular formula is C26H24ClNO3. The maximum absolute atomic E-state index is 13.0. The predicted octanol–water partition coefficient (Wildman–Crippen LogP) is 5.86. The number of amides is 1. The summed E-state index contributed by atoms with van der Waals surface area (Å²) in [7, 11) is 0. The van der Waals surface area contributed by atoms with E-state index in [1.165, 1.54) is 17.5 Å². The van der Waals surface area contributed by atoms with Gasteiger partial charge in [0.2, 0.25) is 0 Å². The van der Waals surface area contributed by atoms with E-state index in [9.17, 15) is 9.59 Å². The molecule has 0 radical (unpaired) electrons. The van der Waals surface area contributed by atoms with Gasteiger partial charge >= 0.3 is 0 Å². The second-order valence-corrected chi connectivity index (χ2v) is 8.17. The summed E-state index contributed by atoms with van der Waals surface area (Å²) < 4.78 is 6.03. The Morgan fingerprint density at radius 1 is 0.968 bits per heavy atom. The minimum absolute atomic E-state index is 0.205. The van der Waals surface area contributed by atoms with E-state index in [0.29, 0.717) is 21.8 Å². The number of nitrogens with one attached hydrogen (secondary N) is 1. The molecular weight excluding hydrogens is 410 g/mol. The number of ketones is 1. The van der Waals surface area contributed by atoms with Gasteiger partial charge in [0.05, 0.1) is 5.69 Å². The van der Waals surface area contributed by atoms with Gasteiger partial charge in [-0.1, -0.05) is 54.1 Å². The maximum Gasteiger partial charge on any atom is 0.265 e. The van der Waals surface area contributed by atoms with Crippen molar-refractivity contribution < 1.29 is 14.3 Å². The molecule has 1 atom stereocenters. The molecule has 4 nitrogen and oxygen atoms in total. The molecule has 1 N–H and O–H groups in total. The summed E-state index contributed by atoms with van der Waals surface area (Å²) in [5.41, 5.74) is 3.77. The van der Waals surface area contributed by atoms with Crippen molar-refractivity contribution in [2.24, 2.45) is 0 Å². The van der Waals surface area contributed by atoms with Crippen LogP contribution >= 0.6 is 11.6 Å². The molecule has 0 unspecified atom stereocenters. The summed E-state index contributed by atoms with van der Waals surface area (Å²) in [6.07, 6.45) is 3.60. The first kappa shape index (κ1) is 21.1. The Labute approximate surface area is 187 Å². The topological polar surface area (TPSA) is 55.4 Å². The summed E-state index contributed by atoms with van der Waals surface area (Å²) in [6, 6.07) is 19.8. The first-order valence-corrected chi connectivity index (χ1v) is 10.9. The standard InChI is InChI=1S/C26H24ClNO3/c1-17(31-24-13-7-11-18-8-5-6-12-21(18)24)26(30)28-23-15-14-20(27)16-22(23)25(29)19-9-3-2-4-10-19/h2-4,7,9-11,13-17H,5-6,8,12H2,1H3,(H,28,30)/t17-/m1/s1. The normalized spacial score (nSPS) is 13.7. The van der Waals surface area contributed by atoms with E-state index in [0.717, 1.165) is 25.0 Å². The lowest BCUT2D eigenvalue weighted by atomic mass is 9.91. The van der Waals surface area contributed by atoms with E-state index in [-0.39, 0.29) is 11.7 Å². The second kappa shape index (κ2) is 9.36. The van der Waals surface area contributed by atoms with E-state index in [4.69, 9.17) is 16.3 Å². The molecule has 0 aromatic heterocycles. The summed E-state index contributed by atoms with van der Waals surface area (Å²) in [4.78, 5) is 25.9. The van der Waals surface area contributed by atoms with Crippen LogP contribution in [-0.4, -0.2) is 17.8 Å². The lowest BCUT2D eigenvalue weighted by Gasteiger charge is -2.22. The van der Waals surface area contributed by atoms with Crippen molar-refractivity contribution in [2.45, 2.75) is 38.7 Å². The Morgan fingerprint density at radius 2 is 1.74 bits per heavy atom. The number of fused-ring (bicyclic) bond motifs is 1. The fourth-order valence-corrected chi connectivity index (χ4v) is 4.07. The molecule has 0 saturated heterocycles. The SMILES string of the molecule is C[C@@H](Oc1cccc2c1CCCC2)C(=O)Nc1ccc(Cl)cc1C(=O)c1ccccc1. The van der Waals surface area contributed by atoms with Crippen LogP contribution in [0.1, 0.15) is 46.8 Å². The van der Waals surface area contributed by atoms with Gasteiger partial charge in [-0.15, -0.1) is 0 Å². The molecule has 0 saturated carbocycles. The smallest absolute Gasteiger partial charge is 0.265 e. The quantitative estimate of drug-likeness (QED) is 0.495. The Hall–Kier alpha value is -3.11. The monoisotopic (exact) mass is 433 g/mol. The van der Waals surface area contributed by atoms with Crippen LogP contribution in [0.2, 0.25) is 5.02 Å². The van der Waals surface area contributed by atoms with E-state index in [1.54, 1.807) is 49.4 Å². The number of rotatable bonds is 6. The number of carbonyl (C=O) groups excluding carboxylic acids is 2. The van der Waals surface area contributed by atoms with E-state index in [2.05, 4.69) is 11.4 Å². The Balaban J connectivity index is 1.53. The molecule has 0 bridgehead atoms. The zero-order valence-electron chi connectivity index (χ0n) is 17.4. The molecule has 3 aromatic carbocycles. The lowest BCUT2D eigenvalue weighted by molar-refractivity contribution is -0.122. The minimum Gasteiger partial charge on any atom is -0.481 e. The number of carbonyl (C=O) groups is 2. The van der Waals surface area contributed by atoms with Crippen LogP contribution in [-0.2, 0) is 17.6 Å². The maximum atomic E-state index is 13.0. The molecule has 0 spiro atoms. The number of ether oxygens (including phenoxy) is 1. The van der Waals surface area contributed by atoms with Crippen molar-refractivity contribution in [3.63, 3.8) is 0 Å². The second-order valence-electron chi connectivity index (χ2n) is 7.74. The van der Waals surface area contributed by atoms with E-state index in [1.807, 2.05) is 18.2 Å². The molecule has 158 valence electrons. The molecule has 4 rings (SSSR count). The van der Waals surface area contributed by atoms with Crippen molar-refractivity contribution in [1.82, 2.24) is 0 Å². The molecule has 0 fully saturated rings. The highest BCUT2D eigenvalue weighted by molar-refractivity contribution is 6.31. The van der Waals surface area contributed by atoms with Gasteiger partial charge in [0.15, 0.2) is 11.9 Å². The largest absolute Gasteiger partial charge is 0.481 e. The third-order valence-corrected chi connectivity index (χ3v) is 5.78. The van der Waals surface area contributed by atoms with Crippen LogP contribution < -0.4 is 10.1 Å². The number of hydrogen-bond donors (Lipinski definition) is 1. The van der Waals surface area contributed by atoms with Crippen LogP contribution in [0.15, 0.2) is 66.7 Å². The number of benzene rings is 3. The van der Waals surface area contributed by atoms with Crippen molar-refractivity contribution in [3.05, 3.63) is 94.0 Å². The van der Waals surface area contributed by atoms with E-state index >= 15 is 0 Å². The zero-order chi connectivity index (χ0) is 21.8. The van der Waals surface area contributed by atoms with Crippen molar-refractivity contribution in [1.29, 1.82) is 0 Å². The Bertz CT molecular complexity index is 1110. The van der Waals surface area contributed by atoms with Crippen LogP contribution in [0.5, 0.6) is 5.75 Å². The fourth-order valence-electron chi connectivity index (χ4n) is 3.89. The molecule has 0 aliphatic heterocycles. The predicted molar refractivity (Wildman–Crippen MR) is 123 cm³/mol. The number of hydrogen-bond acceptors (Lipinski definition) is 3. The van der Waals surface area contributed by atoms with Crippen LogP contribution in [0.3, 0.4) is 0 Å². The van der Waals surface area contributed by atoms with Gasteiger partial charge < -0.3 is 10.1 Å². The third kappa shape index (κ3) is 4.80. The van der Waals surface area contributed by atoms with Gasteiger partial charge in [-0.2, -0.15) is 0 Å². The minimum atomic E-state index is -0.719.